The Morgan fingerprint density at radius 3 is 3.04 bits per heavy atom. The maximum Gasteiger partial charge on any atom is 0.220 e. The summed E-state index contributed by atoms with van der Waals surface area (Å²) in [5.74, 6) is 1.93. The van der Waals surface area contributed by atoms with E-state index in [1.807, 2.05) is 24.3 Å². The number of hydrogen-bond acceptors (Lipinski definition) is 3. The Kier molecular flexibility index (Phi) is 5.28. The average molecular weight is 333 g/mol. The predicted octanol–water partition coefficient (Wildman–Crippen LogP) is 2.91. The molecule has 1 aliphatic rings. The molecular weight excluding hydrogens is 312 g/mol. The quantitative estimate of drug-likeness (QED) is 0.915. The fourth-order valence-corrected chi connectivity index (χ4v) is 3.11. The molecule has 2 aromatic rings. The van der Waals surface area contributed by atoms with Crippen LogP contribution in [-0.2, 0) is 30.7 Å². The largest absolute Gasteiger partial charge is 0.349 e. The maximum absolute atomic E-state index is 12.0. The standard InChI is InChI=1S/C17H21ClN4O/c18-14-6-4-5-13(11-14)8-9-17(23)19-12-16-21-20-15-7-2-1-3-10-22(15)16/h4-6,11H,1-3,7-10,12H2,(H,19,23). The molecule has 0 unspecified atom stereocenters. The number of aromatic nitrogens is 3. The third-order valence-corrected chi connectivity index (χ3v) is 4.39. The van der Waals surface area contributed by atoms with Crippen LogP contribution in [0.15, 0.2) is 24.3 Å². The van der Waals surface area contributed by atoms with Crippen LogP contribution < -0.4 is 5.32 Å². The summed E-state index contributed by atoms with van der Waals surface area (Å²) in [6.07, 6.45) is 5.67. The topological polar surface area (TPSA) is 59.8 Å². The number of nitrogens with one attached hydrogen (secondary N) is 1. The molecule has 6 heteroatoms. The number of nitrogens with zero attached hydrogens (tertiary/aromatic N) is 3. The zero-order valence-corrected chi connectivity index (χ0v) is 13.9. The fourth-order valence-electron chi connectivity index (χ4n) is 2.89. The summed E-state index contributed by atoms with van der Waals surface area (Å²) in [6.45, 7) is 1.40. The van der Waals surface area contributed by atoms with Crippen LogP contribution in [0, 0.1) is 0 Å². The van der Waals surface area contributed by atoms with Crippen molar-refractivity contribution in [2.45, 2.75) is 51.6 Å². The number of benzene rings is 1. The van der Waals surface area contributed by atoms with Crippen molar-refractivity contribution in [1.29, 1.82) is 0 Å². The molecule has 0 saturated carbocycles. The minimum Gasteiger partial charge on any atom is -0.349 e. The summed E-state index contributed by atoms with van der Waals surface area (Å²) in [6, 6.07) is 7.62. The summed E-state index contributed by atoms with van der Waals surface area (Å²) < 4.78 is 2.16. The summed E-state index contributed by atoms with van der Waals surface area (Å²) >= 11 is 5.95. The molecule has 1 aliphatic heterocycles. The Morgan fingerprint density at radius 1 is 1.26 bits per heavy atom. The molecule has 0 fully saturated rings. The molecule has 2 heterocycles. The number of rotatable bonds is 5. The average Bonchev–Trinajstić information content (AvgIpc) is 2.77. The maximum atomic E-state index is 12.0. The van der Waals surface area contributed by atoms with Crippen molar-refractivity contribution in [2.75, 3.05) is 0 Å². The van der Waals surface area contributed by atoms with E-state index in [0.717, 1.165) is 36.6 Å². The van der Waals surface area contributed by atoms with Gasteiger partial charge in [-0.3, -0.25) is 4.79 Å². The van der Waals surface area contributed by atoms with Crippen molar-refractivity contribution in [3.63, 3.8) is 0 Å². The molecule has 0 radical (unpaired) electrons. The first-order valence-corrected chi connectivity index (χ1v) is 8.52. The van der Waals surface area contributed by atoms with Gasteiger partial charge in [-0.15, -0.1) is 10.2 Å². The normalized spacial score (nSPS) is 14.1. The van der Waals surface area contributed by atoms with Gasteiger partial charge in [0, 0.05) is 24.4 Å². The summed E-state index contributed by atoms with van der Waals surface area (Å²) in [5.41, 5.74) is 1.07. The third kappa shape index (κ3) is 4.32. The summed E-state index contributed by atoms with van der Waals surface area (Å²) in [5, 5.41) is 12.1. The lowest BCUT2D eigenvalue weighted by atomic mass is 10.1. The lowest BCUT2D eigenvalue weighted by Crippen LogP contribution is -2.25. The number of amides is 1. The van der Waals surface area contributed by atoms with Crippen LogP contribution in [0.3, 0.4) is 0 Å². The second-order valence-electron chi connectivity index (χ2n) is 5.90. The van der Waals surface area contributed by atoms with Crippen molar-refractivity contribution >= 4 is 17.5 Å². The lowest BCUT2D eigenvalue weighted by Gasteiger charge is -2.08. The third-order valence-electron chi connectivity index (χ3n) is 4.16. The van der Waals surface area contributed by atoms with Crippen LogP contribution in [0.25, 0.3) is 0 Å². The van der Waals surface area contributed by atoms with Crippen LogP contribution in [-0.4, -0.2) is 20.7 Å². The highest BCUT2D eigenvalue weighted by Gasteiger charge is 2.15. The molecule has 0 bridgehead atoms. The van der Waals surface area contributed by atoms with Crippen molar-refractivity contribution in [3.05, 3.63) is 46.5 Å². The van der Waals surface area contributed by atoms with Gasteiger partial charge in [-0.05, 0) is 37.0 Å². The summed E-state index contributed by atoms with van der Waals surface area (Å²) in [4.78, 5) is 12.0. The Morgan fingerprint density at radius 2 is 2.17 bits per heavy atom. The molecule has 0 atom stereocenters. The zero-order chi connectivity index (χ0) is 16.1. The van der Waals surface area contributed by atoms with E-state index in [0.29, 0.717) is 24.4 Å². The lowest BCUT2D eigenvalue weighted by molar-refractivity contribution is -0.121. The van der Waals surface area contributed by atoms with Crippen LogP contribution >= 0.6 is 11.6 Å². The number of carbonyl (C=O) groups excluding carboxylic acids is 1. The predicted molar refractivity (Wildman–Crippen MR) is 89.2 cm³/mol. The van der Waals surface area contributed by atoms with E-state index in [-0.39, 0.29) is 5.91 Å². The Hall–Kier alpha value is -1.88. The Bertz CT molecular complexity index is 683. The molecule has 0 aliphatic carbocycles. The molecule has 122 valence electrons. The van der Waals surface area contributed by atoms with E-state index in [1.165, 1.54) is 12.8 Å². The van der Waals surface area contributed by atoms with Crippen LogP contribution in [0.5, 0.6) is 0 Å². The van der Waals surface area contributed by atoms with Crippen LogP contribution in [0.4, 0.5) is 0 Å². The molecule has 1 aromatic heterocycles. The van der Waals surface area contributed by atoms with Gasteiger partial charge in [0.05, 0.1) is 6.54 Å². The molecule has 23 heavy (non-hydrogen) atoms. The van der Waals surface area contributed by atoms with Gasteiger partial charge >= 0.3 is 0 Å². The monoisotopic (exact) mass is 332 g/mol. The Balaban J connectivity index is 1.50. The number of hydrogen-bond donors (Lipinski definition) is 1. The smallest absolute Gasteiger partial charge is 0.220 e. The fraction of sp³-hybridized carbons (Fsp3) is 0.471. The molecule has 0 spiro atoms. The molecule has 1 aromatic carbocycles. The first-order chi connectivity index (χ1) is 11.2. The number of carbonyl (C=O) groups is 1. The van der Waals surface area contributed by atoms with Crippen molar-refractivity contribution < 1.29 is 4.79 Å². The zero-order valence-electron chi connectivity index (χ0n) is 13.1. The van der Waals surface area contributed by atoms with Gasteiger partial charge in [0.15, 0.2) is 5.82 Å². The Labute approximate surface area is 141 Å². The molecular formula is C17H21ClN4O. The minimum absolute atomic E-state index is 0.0240. The van der Waals surface area contributed by atoms with Crippen molar-refractivity contribution in [1.82, 2.24) is 20.1 Å². The minimum atomic E-state index is 0.0240. The number of fused-ring (bicyclic) bond motifs is 1. The van der Waals surface area contributed by atoms with Gasteiger partial charge in [-0.2, -0.15) is 0 Å². The highest BCUT2D eigenvalue weighted by Crippen LogP contribution is 2.14. The summed E-state index contributed by atoms with van der Waals surface area (Å²) in [7, 11) is 0. The number of aryl methyl sites for hydroxylation is 2. The van der Waals surface area contributed by atoms with Gasteiger partial charge in [0.25, 0.3) is 0 Å². The van der Waals surface area contributed by atoms with Gasteiger partial charge in [0.1, 0.15) is 5.82 Å². The number of halogens is 1. The molecule has 0 saturated heterocycles. The van der Waals surface area contributed by atoms with Gasteiger partial charge in [-0.25, -0.2) is 0 Å². The SMILES string of the molecule is O=C(CCc1cccc(Cl)c1)NCc1nnc2n1CCCCC2. The first-order valence-electron chi connectivity index (χ1n) is 8.14. The first kappa shape index (κ1) is 16.0. The highest BCUT2D eigenvalue weighted by atomic mass is 35.5. The van der Waals surface area contributed by atoms with E-state index < -0.39 is 0 Å². The molecule has 1 amide bonds. The van der Waals surface area contributed by atoms with E-state index >= 15 is 0 Å². The van der Waals surface area contributed by atoms with Crippen LogP contribution in [0.2, 0.25) is 5.02 Å². The molecule has 1 N–H and O–H groups in total. The van der Waals surface area contributed by atoms with Crippen LogP contribution in [0.1, 0.15) is 42.9 Å². The highest BCUT2D eigenvalue weighted by molar-refractivity contribution is 6.30. The van der Waals surface area contributed by atoms with Crippen molar-refractivity contribution in [3.8, 4) is 0 Å². The molecule has 5 nitrogen and oxygen atoms in total. The van der Waals surface area contributed by atoms with Gasteiger partial charge in [-0.1, -0.05) is 30.2 Å². The van der Waals surface area contributed by atoms with E-state index in [2.05, 4.69) is 20.1 Å². The van der Waals surface area contributed by atoms with Gasteiger partial charge in [0.2, 0.25) is 5.91 Å². The van der Waals surface area contributed by atoms with Crippen molar-refractivity contribution in [2.24, 2.45) is 0 Å². The second-order valence-corrected chi connectivity index (χ2v) is 6.34. The van der Waals surface area contributed by atoms with Gasteiger partial charge < -0.3 is 9.88 Å². The molecule has 3 rings (SSSR count). The van der Waals surface area contributed by atoms with E-state index in [4.69, 9.17) is 11.6 Å². The van der Waals surface area contributed by atoms with E-state index in [1.54, 1.807) is 0 Å². The van der Waals surface area contributed by atoms with E-state index in [9.17, 15) is 4.79 Å². The second kappa shape index (κ2) is 7.59.